The molecule has 1 aromatic carbocycles. The zero-order valence-electron chi connectivity index (χ0n) is 13.1. The van der Waals surface area contributed by atoms with Crippen LogP contribution in [0, 0.1) is 5.82 Å². The monoisotopic (exact) mass is 316 g/mol. The molecule has 0 spiro atoms. The molecule has 2 aromatic rings. The van der Waals surface area contributed by atoms with Crippen molar-refractivity contribution in [1.82, 2.24) is 9.88 Å². The van der Waals surface area contributed by atoms with E-state index in [1.807, 2.05) is 0 Å². The van der Waals surface area contributed by atoms with Gasteiger partial charge < -0.3 is 9.64 Å². The molecule has 6 heteroatoms. The van der Waals surface area contributed by atoms with Gasteiger partial charge in [0.15, 0.2) is 0 Å². The zero-order chi connectivity index (χ0) is 17.0. The lowest BCUT2D eigenvalue weighted by Crippen LogP contribution is -2.30. The van der Waals surface area contributed by atoms with Crippen LogP contribution in [0.1, 0.15) is 39.4 Å². The van der Waals surface area contributed by atoms with Crippen LogP contribution in [0.5, 0.6) is 0 Å². The maximum Gasteiger partial charge on any atom is 0.339 e. The van der Waals surface area contributed by atoms with Gasteiger partial charge in [-0.1, -0.05) is 18.2 Å². The van der Waals surface area contributed by atoms with E-state index >= 15 is 0 Å². The second-order valence-corrected chi connectivity index (χ2v) is 5.04. The molecule has 0 aliphatic rings. The van der Waals surface area contributed by atoms with Crippen molar-refractivity contribution in [3.8, 4) is 0 Å². The maximum absolute atomic E-state index is 13.8. The molecule has 0 fully saturated rings. The van der Waals surface area contributed by atoms with Crippen molar-refractivity contribution in [2.24, 2.45) is 0 Å². The van der Waals surface area contributed by atoms with E-state index in [9.17, 15) is 14.0 Å². The highest BCUT2D eigenvalue weighted by Crippen LogP contribution is 2.22. The largest absolute Gasteiger partial charge is 0.465 e. The minimum atomic E-state index is -0.524. The molecule has 120 valence electrons. The average Bonchev–Trinajstić information content (AvgIpc) is 2.59. The van der Waals surface area contributed by atoms with Crippen LogP contribution in [0.25, 0.3) is 0 Å². The summed E-state index contributed by atoms with van der Waals surface area (Å²) >= 11 is 0. The second kappa shape index (κ2) is 7.00. The van der Waals surface area contributed by atoms with Gasteiger partial charge >= 0.3 is 5.97 Å². The highest BCUT2D eigenvalue weighted by atomic mass is 19.1. The van der Waals surface area contributed by atoms with Gasteiger partial charge in [-0.15, -0.1) is 0 Å². The molecular formula is C17H17FN2O3. The summed E-state index contributed by atoms with van der Waals surface area (Å²) in [7, 11) is 2.85. The Bertz CT molecular complexity index is 716. The number of halogens is 1. The number of ether oxygens (including phenoxy) is 1. The van der Waals surface area contributed by atoms with E-state index in [0.29, 0.717) is 5.56 Å². The number of benzene rings is 1. The summed E-state index contributed by atoms with van der Waals surface area (Å²) in [6, 6.07) is 8.76. The van der Waals surface area contributed by atoms with Gasteiger partial charge in [0, 0.05) is 18.8 Å². The standard InChI is InChI=1S/C17H17FN2O3/c1-11(13-6-4-5-7-14(13)18)20(2)16(21)15-9-8-12(10-19-15)17(22)23-3/h4-11H,1-3H3/t11-/m1/s1. The molecular weight excluding hydrogens is 299 g/mol. The minimum absolute atomic E-state index is 0.170. The molecule has 0 aliphatic carbocycles. The number of esters is 1. The van der Waals surface area contributed by atoms with Crippen molar-refractivity contribution < 1.29 is 18.7 Å². The third kappa shape index (κ3) is 3.53. The molecule has 5 nitrogen and oxygen atoms in total. The van der Waals surface area contributed by atoms with Gasteiger partial charge in [0.1, 0.15) is 11.5 Å². The first-order chi connectivity index (χ1) is 11.0. The van der Waals surface area contributed by atoms with E-state index in [4.69, 9.17) is 0 Å². The third-order valence-electron chi connectivity index (χ3n) is 3.66. The Labute approximate surface area is 133 Å². The lowest BCUT2D eigenvalue weighted by molar-refractivity contribution is 0.0598. The van der Waals surface area contributed by atoms with E-state index in [1.54, 1.807) is 32.2 Å². The summed E-state index contributed by atoms with van der Waals surface area (Å²) < 4.78 is 18.4. The molecule has 0 radical (unpaired) electrons. The second-order valence-electron chi connectivity index (χ2n) is 5.04. The molecule has 23 heavy (non-hydrogen) atoms. The fourth-order valence-corrected chi connectivity index (χ4v) is 2.14. The lowest BCUT2D eigenvalue weighted by atomic mass is 10.1. The number of amides is 1. The van der Waals surface area contributed by atoms with Crippen molar-refractivity contribution >= 4 is 11.9 Å². The van der Waals surface area contributed by atoms with Crippen LogP contribution in [-0.4, -0.2) is 35.9 Å². The Hall–Kier alpha value is -2.76. The fourth-order valence-electron chi connectivity index (χ4n) is 2.14. The van der Waals surface area contributed by atoms with Crippen molar-refractivity contribution in [1.29, 1.82) is 0 Å². The predicted molar refractivity (Wildman–Crippen MR) is 82.5 cm³/mol. The number of nitrogens with zero attached hydrogens (tertiary/aromatic N) is 2. The van der Waals surface area contributed by atoms with E-state index in [2.05, 4.69) is 9.72 Å². The molecule has 1 aromatic heterocycles. The van der Waals surface area contributed by atoms with E-state index < -0.39 is 12.0 Å². The predicted octanol–water partition coefficient (Wildman–Crippen LogP) is 2.84. The van der Waals surface area contributed by atoms with Crippen LogP contribution in [-0.2, 0) is 4.74 Å². The van der Waals surface area contributed by atoms with E-state index in [-0.39, 0.29) is 23.0 Å². The Balaban J connectivity index is 2.19. The zero-order valence-corrected chi connectivity index (χ0v) is 13.1. The van der Waals surface area contributed by atoms with Gasteiger partial charge in [-0.2, -0.15) is 0 Å². The number of hydrogen-bond donors (Lipinski definition) is 0. The van der Waals surface area contributed by atoms with Crippen LogP contribution in [0.4, 0.5) is 4.39 Å². The molecule has 0 aliphatic heterocycles. The van der Waals surface area contributed by atoms with Gasteiger partial charge in [0.25, 0.3) is 5.91 Å². The average molecular weight is 316 g/mol. The number of carbonyl (C=O) groups is 2. The Morgan fingerprint density at radius 3 is 2.48 bits per heavy atom. The first-order valence-electron chi connectivity index (χ1n) is 7.01. The number of rotatable bonds is 4. The maximum atomic E-state index is 13.8. The summed E-state index contributed by atoms with van der Waals surface area (Å²) in [6.07, 6.45) is 1.28. The van der Waals surface area contributed by atoms with Crippen LogP contribution < -0.4 is 0 Å². The van der Waals surface area contributed by atoms with Gasteiger partial charge in [-0.3, -0.25) is 9.78 Å². The molecule has 2 rings (SSSR count). The Morgan fingerprint density at radius 2 is 1.91 bits per heavy atom. The highest BCUT2D eigenvalue weighted by Gasteiger charge is 2.22. The van der Waals surface area contributed by atoms with Crippen LogP contribution in [0.2, 0.25) is 0 Å². The van der Waals surface area contributed by atoms with Crippen LogP contribution >= 0.6 is 0 Å². The van der Waals surface area contributed by atoms with Gasteiger partial charge in [0.05, 0.1) is 18.7 Å². The van der Waals surface area contributed by atoms with Crippen molar-refractivity contribution in [2.45, 2.75) is 13.0 Å². The Kier molecular flexibility index (Phi) is 5.05. The van der Waals surface area contributed by atoms with E-state index in [0.717, 1.165) is 0 Å². The summed E-state index contributed by atoms with van der Waals surface area (Å²) in [5.41, 5.74) is 0.853. The number of pyridine rings is 1. The normalized spacial score (nSPS) is 11.7. The number of aromatic nitrogens is 1. The van der Waals surface area contributed by atoms with Crippen LogP contribution in [0.15, 0.2) is 42.6 Å². The van der Waals surface area contributed by atoms with Crippen molar-refractivity contribution in [3.05, 3.63) is 65.2 Å². The topological polar surface area (TPSA) is 59.5 Å². The minimum Gasteiger partial charge on any atom is -0.465 e. The smallest absolute Gasteiger partial charge is 0.339 e. The molecule has 0 saturated heterocycles. The molecule has 0 unspecified atom stereocenters. The lowest BCUT2D eigenvalue weighted by Gasteiger charge is -2.25. The molecule has 0 bridgehead atoms. The summed E-state index contributed by atoms with van der Waals surface area (Å²) in [5, 5.41) is 0. The Morgan fingerprint density at radius 1 is 1.22 bits per heavy atom. The van der Waals surface area contributed by atoms with E-state index in [1.165, 1.54) is 36.4 Å². The molecule has 1 atom stereocenters. The number of methoxy groups -OCH3 is 1. The van der Waals surface area contributed by atoms with Crippen LogP contribution in [0.3, 0.4) is 0 Å². The molecule has 0 N–H and O–H groups in total. The van der Waals surface area contributed by atoms with Crippen molar-refractivity contribution in [2.75, 3.05) is 14.2 Å². The summed E-state index contributed by atoms with van der Waals surface area (Å²) in [4.78, 5) is 29.2. The summed E-state index contributed by atoms with van der Waals surface area (Å²) in [6.45, 7) is 1.74. The fraction of sp³-hybridized carbons (Fsp3) is 0.235. The number of hydrogen-bond acceptors (Lipinski definition) is 4. The highest BCUT2D eigenvalue weighted by molar-refractivity contribution is 5.94. The van der Waals surface area contributed by atoms with Gasteiger partial charge in [-0.05, 0) is 25.1 Å². The summed E-state index contributed by atoms with van der Waals surface area (Å²) in [5.74, 6) is -1.25. The first-order valence-corrected chi connectivity index (χ1v) is 7.01. The first kappa shape index (κ1) is 16.6. The molecule has 1 amide bonds. The number of carbonyl (C=O) groups excluding carboxylic acids is 2. The van der Waals surface area contributed by atoms with Gasteiger partial charge in [-0.25, -0.2) is 9.18 Å². The SMILES string of the molecule is COC(=O)c1ccc(C(=O)N(C)[C@H](C)c2ccccc2F)nc1. The third-order valence-corrected chi connectivity index (χ3v) is 3.66. The van der Waals surface area contributed by atoms with Crippen molar-refractivity contribution in [3.63, 3.8) is 0 Å². The molecule has 1 heterocycles. The van der Waals surface area contributed by atoms with Gasteiger partial charge in [0.2, 0.25) is 0 Å². The quantitative estimate of drug-likeness (QED) is 0.814. The molecule has 0 saturated carbocycles.